The van der Waals surface area contributed by atoms with E-state index in [2.05, 4.69) is 0 Å². The van der Waals surface area contributed by atoms with Crippen molar-refractivity contribution in [3.8, 4) is 0 Å². The summed E-state index contributed by atoms with van der Waals surface area (Å²) in [4.78, 5) is 10.4. The van der Waals surface area contributed by atoms with Gasteiger partial charge >= 0.3 is 0 Å². The Morgan fingerprint density at radius 3 is 2.64 bits per heavy atom. The lowest BCUT2D eigenvalue weighted by Gasteiger charge is -2.25. The van der Waals surface area contributed by atoms with Crippen LogP contribution in [0.5, 0.6) is 0 Å². The number of primary amides is 1. The number of nitrogens with two attached hydrogens (primary N) is 1. The van der Waals surface area contributed by atoms with Crippen LogP contribution < -0.4 is 5.73 Å². The number of hydrogen-bond donors (Lipinski definition) is 2. The van der Waals surface area contributed by atoms with Crippen molar-refractivity contribution in [3.05, 3.63) is 0 Å². The second-order valence-corrected chi connectivity index (χ2v) is 3.29. The van der Waals surface area contributed by atoms with Gasteiger partial charge in [0.25, 0.3) is 0 Å². The number of aliphatic hydroxyl groups is 1. The summed E-state index contributed by atoms with van der Waals surface area (Å²) in [6.07, 6.45) is 4.38. The van der Waals surface area contributed by atoms with Gasteiger partial charge in [-0.1, -0.05) is 19.3 Å². The Morgan fingerprint density at radius 2 is 2.27 bits per heavy atom. The second kappa shape index (κ2) is 3.72. The Balaban J connectivity index is 2.05. The van der Waals surface area contributed by atoms with E-state index in [4.69, 9.17) is 10.8 Å². The lowest BCUT2D eigenvalue weighted by molar-refractivity contribution is -0.126. The fourth-order valence-corrected chi connectivity index (χ4v) is 1.32. The Bertz CT molecular complexity index is 143. The van der Waals surface area contributed by atoms with Crippen LogP contribution >= 0.6 is 0 Å². The third-order valence-corrected chi connectivity index (χ3v) is 2.40. The van der Waals surface area contributed by atoms with E-state index >= 15 is 0 Å². The van der Waals surface area contributed by atoms with Crippen molar-refractivity contribution in [2.75, 3.05) is 0 Å². The monoisotopic (exact) mass is 157 g/mol. The molecule has 1 aliphatic carbocycles. The molecular weight excluding hydrogens is 142 g/mol. The normalized spacial score (nSPS) is 20.8. The smallest absolute Gasteiger partial charge is 0.246 e. The Labute approximate surface area is 66.6 Å². The van der Waals surface area contributed by atoms with Crippen LogP contribution in [0.4, 0.5) is 0 Å². The molecule has 0 aromatic heterocycles. The zero-order valence-electron chi connectivity index (χ0n) is 6.62. The predicted octanol–water partition coefficient (Wildman–Crippen LogP) is 0.413. The fraction of sp³-hybridized carbons (Fsp3) is 0.875. The molecule has 0 heterocycles. The van der Waals surface area contributed by atoms with E-state index in [9.17, 15) is 4.79 Å². The average Bonchev–Trinajstić information content (AvgIpc) is 1.83. The van der Waals surface area contributed by atoms with Gasteiger partial charge in [-0.15, -0.1) is 0 Å². The summed E-state index contributed by atoms with van der Waals surface area (Å²) in [6.45, 7) is 0. The van der Waals surface area contributed by atoms with Gasteiger partial charge < -0.3 is 10.8 Å². The number of aliphatic hydroxyl groups excluding tert-OH is 1. The standard InChI is InChI=1S/C8H15NO2/c9-8(11)7(10)5-4-6-2-1-3-6/h6-7,10H,1-5H2,(H2,9,11). The molecule has 1 rings (SSSR count). The maximum Gasteiger partial charge on any atom is 0.246 e. The van der Waals surface area contributed by atoms with Crippen molar-refractivity contribution in [1.29, 1.82) is 0 Å². The van der Waals surface area contributed by atoms with Gasteiger partial charge in [0.15, 0.2) is 0 Å². The first-order valence-corrected chi connectivity index (χ1v) is 4.17. The van der Waals surface area contributed by atoms with Crippen LogP contribution in [0.2, 0.25) is 0 Å². The zero-order valence-corrected chi connectivity index (χ0v) is 6.62. The largest absolute Gasteiger partial charge is 0.383 e. The number of carbonyl (C=O) groups is 1. The quantitative estimate of drug-likeness (QED) is 0.621. The summed E-state index contributed by atoms with van der Waals surface area (Å²) < 4.78 is 0. The maximum absolute atomic E-state index is 10.4. The summed E-state index contributed by atoms with van der Waals surface area (Å²) in [7, 11) is 0. The van der Waals surface area contributed by atoms with Crippen LogP contribution in [0.3, 0.4) is 0 Å². The van der Waals surface area contributed by atoms with E-state index in [0.717, 1.165) is 12.3 Å². The highest BCUT2D eigenvalue weighted by atomic mass is 16.3. The van der Waals surface area contributed by atoms with Crippen molar-refractivity contribution in [2.45, 2.75) is 38.2 Å². The lowest BCUT2D eigenvalue weighted by atomic mass is 9.81. The molecule has 1 saturated carbocycles. The molecule has 11 heavy (non-hydrogen) atoms. The molecule has 0 aromatic rings. The average molecular weight is 157 g/mol. The van der Waals surface area contributed by atoms with Crippen molar-refractivity contribution in [3.63, 3.8) is 0 Å². The molecule has 1 aliphatic rings. The zero-order chi connectivity index (χ0) is 8.27. The Kier molecular flexibility index (Phi) is 2.88. The van der Waals surface area contributed by atoms with Gasteiger partial charge in [0, 0.05) is 0 Å². The molecule has 1 unspecified atom stereocenters. The molecule has 3 nitrogen and oxygen atoms in total. The highest BCUT2D eigenvalue weighted by Gasteiger charge is 2.19. The number of amides is 1. The number of carbonyl (C=O) groups excluding carboxylic acids is 1. The molecule has 3 N–H and O–H groups in total. The van der Waals surface area contributed by atoms with Gasteiger partial charge in [-0.05, 0) is 18.8 Å². The minimum atomic E-state index is -0.921. The van der Waals surface area contributed by atoms with Crippen molar-refractivity contribution in [1.82, 2.24) is 0 Å². The van der Waals surface area contributed by atoms with Gasteiger partial charge in [0.05, 0.1) is 0 Å². The minimum Gasteiger partial charge on any atom is -0.383 e. The first-order chi connectivity index (χ1) is 5.20. The van der Waals surface area contributed by atoms with E-state index in [0.29, 0.717) is 6.42 Å². The fourth-order valence-electron chi connectivity index (χ4n) is 1.32. The molecule has 0 aliphatic heterocycles. The van der Waals surface area contributed by atoms with Gasteiger partial charge in [-0.3, -0.25) is 4.79 Å². The van der Waals surface area contributed by atoms with E-state index in [1.807, 2.05) is 0 Å². The molecule has 0 spiro atoms. The SMILES string of the molecule is NC(=O)C(O)CCC1CCC1. The molecule has 0 saturated heterocycles. The first kappa shape index (κ1) is 8.53. The van der Waals surface area contributed by atoms with Gasteiger partial charge in [0.2, 0.25) is 5.91 Å². The van der Waals surface area contributed by atoms with Gasteiger partial charge in [-0.25, -0.2) is 0 Å². The summed E-state index contributed by atoms with van der Waals surface area (Å²) in [5, 5.41) is 9.02. The topological polar surface area (TPSA) is 63.3 Å². The van der Waals surface area contributed by atoms with Crippen molar-refractivity contribution < 1.29 is 9.90 Å². The third-order valence-electron chi connectivity index (χ3n) is 2.40. The van der Waals surface area contributed by atoms with E-state index in [1.54, 1.807) is 0 Å². The third kappa shape index (κ3) is 2.50. The van der Waals surface area contributed by atoms with Crippen LogP contribution in [-0.2, 0) is 4.79 Å². The van der Waals surface area contributed by atoms with Crippen LogP contribution in [0, 0.1) is 5.92 Å². The van der Waals surface area contributed by atoms with Crippen LogP contribution in [0.1, 0.15) is 32.1 Å². The van der Waals surface area contributed by atoms with Crippen LogP contribution in [-0.4, -0.2) is 17.1 Å². The highest BCUT2D eigenvalue weighted by molar-refractivity contribution is 5.78. The lowest BCUT2D eigenvalue weighted by Crippen LogP contribution is -2.29. The van der Waals surface area contributed by atoms with Crippen molar-refractivity contribution >= 4 is 5.91 Å². The molecular formula is C8H15NO2. The summed E-state index contributed by atoms with van der Waals surface area (Å²) in [6, 6.07) is 0. The Hall–Kier alpha value is -0.570. The number of rotatable bonds is 4. The van der Waals surface area contributed by atoms with Gasteiger partial charge in [-0.2, -0.15) is 0 Å². The Morgan fingerprint density at radius 1 is 1.64 bits per heavy atom. The van der Waals surface area contributed by atoms with E-state index < -0.39 is 12.0 Å². The van der Waals surface area contributed by atoms with Gasteiger partial charge in [0.1, 0.15) is 6.10 Å². The first-order valence-electron chi connectivity index (χ1n) is 4.17. The number of hydrogen-bond acceptors (Lipinski definition) is 2. The second-order valence-electron chi connectivity index (χ2n) is 3.29. The molecule has 0 aromatic carbocycles. The molecule has 1 fully saturated rings. The van der Waals surface area contributed by atoms with E-state index in [-0.39, 0.29) is 0 Å². The van der Waals surface area contributed by atoms with E-state index in [1.165, 1.54) is 19.3 Å². The van der Waals surface area contributed by atoms with Crippen LogP contribution in [0.15, 0.2) is 0 Å². The molecule has 64 valence electrons. The molecule has 0 bridgehead atoms. The summed E-state index contributed by atoms with van der Waals surface area (Å²) >= 11 is 0. The molecule has 3 heteroatoms. The molecule has 0 radical (unpaired) electrons. The van der Waals surface area contributed by atoms with Crippen LogP contribution in [0.25, 0.3) is 0 Å². The molecule has 1 atom stereocenters. The highest BCUT2D eigenvalue weighted by Crippen LogP contribution is 2.30. The molecule has 1 amide bonds. The predicted molar refractivity (Wildman–Crippen MR) is 41.8 cm³/mol. The maximum atomic E-state index is 10.4. The summed E-state index contributed by atoms with van der Waals surface area (Å²) in [5.74, 6) is 0.147. The summed E-state index contributed by atoms with van der Waals surface area (Å²) in [5.41, 5.74) is 4.89. The minimum absolute atomic E-state index is 0.542. The van der Waals surface area contributed by atoms with Crippen molar-refractivity contribution in [2.24, 2.45) is 11.7 Å².